The van der Waals surface area contributed by atoms with Crippen molar-refractivity contribution in [2.45, 2.75) is 51.7 Å². The first-order chi connectivity index (χ1) is 17.8. The Morgan fingerprint density at radius 1 is 1.16 bits per heavy atom. The van der Waals surface area contributed by atoms with Crippen molar-refractivity contribution in [1.82, 2.24) is 9.55 Å². The molecule has 0 N–H and O–H groups in total. The molecule has 4 rings (SSSR count). The number of rotatable bonds is 5. The van der Waals surface area contributed by atoms with E-state index in [1.165, 1.54) is 17.2 Å². The molecule has 0 radical (unpaired) electrons. The second kappa shape index (κ2) is 12.6. The number of halogens is 2. The van der Waals surface area contributed by atoms with E-state index in [0.29, 0.717) is 16.7 Å². The lowest BCUT2D eigenvalue weighted by molar-refractivity contribution is -0.127. The predicted molar refractivity (Wildman–Crippen MR) is 138 cm³/mol. The number of hydrogen-bond acceptors (Lipinski definition) is 7. The standard InChI is InChI=1S/C18H19N5O.C9H9F2NO/c1-22(13-6-4-3-5-7-13)17-14(11-20)18(24)23(2)15-9-8-12(10-19)21-16(15)17;1-7-4-2-3-5-8(7)6-12-13-9(10)11/h8-9,13H,3-7H2,1-2H3;2-6,9H,1H3/b;12-6+. The van der Waals surface area contributed by atoms with Gasteiger partial charge in [-0.2, -0.15) is 19.3 Å². The van der Waals surface area contributed by atoms with E-state index < -0.39 is 6.61 Å². The normalized spacial score (nSPS) is 13.6. The lowest BCUT2D eigenvalue weighted by Crippen LogP contribution is -2.36. The topological polar surface area (TPSA) is 107 Å². The zero-order chi connectivity index (χ0) is 26.9. The first-order valence-corrected chi connectivity index (χ1v) is 11.9. The minimum Gasteiger partial charge on any atom is -0.369 e. The Morgan fingerprint density at radius 3 is 2.49 bits per heavy atom. The fourth-order valence-electron chi connectivity index (χ4n) is 4.42. The summed E-state index contributed by atoms with van der Waals surface area (Å²) in [5, 5.41) is 21.9. The molecule has 2 aromatic heterocycles. The van der Waals surface area contributed by atoms with Gasteiger partial charge in [-0.05, 0) is 43.0 Å². The molecular formula is C27H28F2N6O2. The Kier molecular flexibility index (Phi) is 9.28. The van der Waals surface area contributed by atoms with Crippen molar-refractivity contribution in [3.8, 4) is 12.1 Å². The third-order valence-electron chi connectivity index (χ3n) is 6.44. The summed E-state index contributed by atoms with van der Waals surface area (Å²) < 4.78 is 24.4. The third-order valence-corrected chi connectivity index (χ3v) is 6.44. The smallest absolute Gasteiger partial charge is 0.369 e. The SMILES string of the molecule is CN(c1c(C#N)c(=O)n(C)c2ccc(C#N)nc12)C1CCCCC1.Cc1ccccc1/C=N/OC(F)F. The monoisotopic (exact) mass is 506 g/mol. The van der Waals surface area contributed by atoms with Crippen molar-refractivity contribution in [3.63, 3.8) is 0 Å². The van der Waals surface area contributed by atoms with Crippen LogP contribution in [0, 0.1) is 29.6 Å². The Balaban J connectivity index is 0.000000248. The number of anilines is 1. The van der Waals surface area contributed by atoms with Gasteiger partial charge in [-0.3, -0.25) is 4.79 Å². The molecule has 1 aliphatic carbocycles. The molecule has 1 aromatic carbocycles. The van der Waals surface area contributed by atoms with Gasteiger partial charge in [0.25, 0.3) is 5.56 Å². The molecule has 0 atom stereocenters. The first kappa shape index (κ1) is 27.3. The van der Waals surface area contributed by atoms with Gasteiger partial charge in [0.15, 0.2) is 0 Å². The van der Waals surface area contributed by atoms with Crippen LogP contribution in [0.25, 0.3) is 11.0 Å². The lowest BCUT2D eigenvalue weighted by atomic mass is 9.93. The second-order valence-electron chi connectivity index (χ2n) is 8.74. The molecule has 10 heteroatoms. The van der Waals surface area contributed by atoms with Gasteiger partial charge in [-0.15, -0.1) is 0 Å². The summed E-state index contributed by atoms with van der Waals surface area (Å²) in [6, 6.07) is 15.0. The zero-order valence-electron chi connectivity index (χ0n) is 21.0. The van der Waals surface area contributed by atoms with Crippen LogP contribution in [0.5, 0.6) is 0 Å². The number of aromatic nitrogens is 2. The summed E-state index contributed by atoms with van der Waals surface area (Å²) in [4.78, 5) is 22.8. The van der Waals surface area contributed by atoms with E-state index in [2.05, 4.69) is 21.0 Å². The highest BCUT2D eigenvalue weighted by Crippen LogP contribution is 2.32. The molecule has 192 valence electrons. The van der Waals surface area contributed by atoms with Crippen molar-refractivity contribution in [3.05, 3.63) is 69.1 Å². The molecule has 1 saturated carbocycles. The summed E-state index contributed by atoms with van der Waals surface area (Å²) in [7, 11) is 3.55. The number of nitrogens with zero attached hydrogens (tertiary/aromatic N) is 6. The fourth-order valence-corrected chi connectivity index (χ4v) is 4.42. The highest BCUT2D eigenvalue weighted by Gasteiger charge is 2.25. The Morgan fingerprint density at radius 2 is 1.86 bits per heavy atom. The summed E-state index contributed by atoms with van der Waals surface area (Å²) in [6.07, 6.45) is 6.87. The Bertz CT molecular complexity index is 1420. The summed E-state index contributed by atoms with van der Waals surface area (Å²) in [5.41, 5.74) is 3.52. The minimum absolute atomic E-state index is 0.0978. The number of aryl methyl sites for hydroxylation is 2. The summed E-state index contributed by atoms with van der Waals surface area (Å²) in [5.74, 6) is 0. The number of nitriles is 2. The predicted octanol–water partition coefficient (Wildman–Crippen LogP) is 5.01. The van der Waals surface area contributed by atoms with Crippen LogP contribution >= 0.6 is 0 Å². The van der Waals surface area contributed by atoms with Gasteiger partial charge in [0, 0.05) is 20.1 Å². The van der Waals surface area contributed by atoms with Crippen molar-refractivity contribution in [1.29, 1.82) is 10.5 Å². The Hall–Kier alpha value is -4.31. The highest BCUT2D eigenvalue weighted by atomic mass is 19.3. The number of hydrogen-bond donors (Lipinski definition) is 0. The summed E-state index contributed by atoms with van der Waals surface area (Å²) >= 11 is 0. The van der Waals surface area contributed by atoms with E-state index in [9.17, 15) is 18.8 Å². The molecule has 0 unspecified atom stereocenters. The molecule has 2 heterocycles. The largest absolute Gasteiger partial charge is 0.407 e. The molecular weight excluding hydrogens is 478 g/mol. The van der Waals surface area contributed by atoms with Crippen molar-refractivity contribution in [2.24, 2.45) is 12.2 Å². The molecule has 3 aromatic rings. The molecule has 0 spiro atoms. The van der Waals surface area contributed by atoms with Crippen molar-refractivity contribution in [2.75, 3.05) is 11.9 Å². The molecule has 0 aliphatic heterocycles. The quantitative estimate of drug-likeness (QED) is 0.355. The van der Waals surface area contributed by atoms with Crippen LogP contribution in [0.3, 0.4) is 0 Å². The van der Waals surface area contributed by atoms with Gasteiger partial charge >= 0.3 is 6.61 Å². The maximum absolute atomic E-state index is 12.6. The van der Waals surface area contributed by atoms with Crippen LogP contribution in [-0.2, 0) is 11.9 Å². The summed E-state index contributed by atoms with van der Waals surface area (Å²) in [6.45, 7) is -0.996. The number of pyridine rings is 2. The zero-order valence-corrected chi connectivity index (χ0v) is 21.0. The van der Waals surface area contributed by atoms with Crippen LogP contribution in [0.4, 0.5) is 14.5 Å². The molecule has 1 aliphatic rings. The van der Waals surface area contributed by atoms with Crippen LogP contribution in [-0.4, -0.2) is 35.5 Å². The average molecular weight is 507 g/mol. The number of alkyl halides is 2. The maximum atomic E-state index is 12.6. The van der Waals surface area contributed by atoms with Crippen LogP contribution in [0.15, 0.2) is 46.3 Å². The third kappa shape index (κ3) is 6.47. The van der Waals surface area contributed by atoms with E-state index in [1.807, 2.05) is 37.1 Å². The second-order valence-corrected chi connectivity index (χ2v) is 8.74. The lowest BCUT2D eigenvalue weighted by Gasteiger charge is -2.33. The van der Waals surface area contributed by atoms with Crippen molar-refractivity contribution < 1.29 is 13.6 Å². The van der Waals surface area contributed by atoms with E-state index >= 15 is 0 Å². The highest BCUT2D eigenvalue weighted by molar-refractivity contribution is 5.92. The average Bonchev–Trinajstić information content (AvgIpc) is 2.91. The molecule has 0 bridgehead atoms. The number of benzene rings is 1. The first-order valence-electron chi connectivity index (χ1n) is 11.9. The van der Waals surface area contributed by atoms with Gasteiger partial charge in [0.2, 0.25) is 0 Å². The number of fused-ring (bicyclic) bond motifs is 1. The van der Waals surface area contributed by atoms with Crippen molar-refractivity contribution >= 4 is 22.9 Å². The van der Waals surface area contributed by atoms with Gasteiger partial charge in [0.1, 0.15) is 28.9 Å². The molecule has 0 saturated heterocycles. The van der Waals surface area contributed by atoms with E-state index in [0.717, 1.165) is 36.8 Å². The molecule has 8 nitrogen and oxygen atoms in total. The minimum atomic E-state index is -2.86. The van der Waals surface area contributed by atoms with E-state index in [1.54, 1.807) is 31.3 Å². The number of oxime groups is 1. The fraction of sp³-hybridized carbons (Fsp3) is 0.370. The maximum Gasteiger partial charge on any atom is 0.407 e. The molecule has 37 heavy (non-hydrogen) atoms. The van der Waals surface area contributed by atoms with Crippen LogP contribution < -0.4 is 10.5 Å². The van der Waals surface area contributed by atoms with Crippen LogP contribution in [0.2, 0.25) is 0 Å². The molecule has 1 fully saturated rings. The van der Waals surface area contributed by atoms with Gasteiger partial charge in [-0.25, -0.2) is 4.98 Å². The van der Waals surface area contributed by atoms with Gasteiger partial charge in [0.05, 0.1) is 17.4 Å². The molecule has 0 amide bonds. The van der Waals surface area contributed by atoms with E-state index in [4.69, 9.17) is 5.26 Å². The van der Waals surface area contributed by atoms with E-state index in [-0.39, 0.29) is 22.9 Å². The van der Waals surface area contributed by atoms with Gasteiger partial charge < -0.3 is 14.3 Å². The Labute approximate surface area is 214 Å². The van der Waals surface area contributed by atoms with Gasteiger partial charge in [-0.1, -0.05) is 48.7 Å². The van der Waals surface area contributed by atoms with Crippen LogP contribution in [0.1, 0.15) is 54.5 Å².